The second-order valence-electron chi connectivity index (χ2n) is 5.11. The molecule has 0 aliphatic carbocycles. The van der Waals surface area contributed by atoms with Crippen molar-refractivity contribution in [3.63, 3.8) is 0 Å². The highest BCUT2D eigenvalue weighted by atomic mass is 19.4. The fraction of sp³-hybridized carbons (Fsp3) is 0.294. The van der Waals surface area contributed by atoms with E-state index in [1.165, 1.54) is 0 Å². The number of halogens is 3. The highest BCUT2D eigenvalue weighted by Gasteiger charge is 2.27. The van der Waals surface area contributed by atoms with Gasteiger partial charge in [-0.3, -0.25) is 0 Å². The van der Waals surface area contributed by atoms with Crippen molar-refractivity contribution in [3.05, 3.63) is 54.6 Å². The van der Waals surface area contributed by atoms with E-state index in [1.54, 1.807) is 24.3 Å². The monoisotopic (exact) mass is 341 g/mol. The zero-order valence-corrected chi connectivity index (χ0v) is 12.8. The van der Waals surface area contributed by atoms with E-state index < -0.39 is 25.5 Å². The van der Waals surface area contributed by atoms with Crippen molar-refractivity contribution in [3.8, 4) is 5.75 Å². The number of para-hydroxylation sites is 1. The normalized spacial score (nSPS) is 12.7. The Kier molecular flexibility index (Phi) is 6.45. The summed E-state index contributed by atoms with van der Waals surface area (Å²) in [5, 5.41) is 12.7. The van der Waals surface area contributed by atoms with Gasteiger partial charge in [0.2, 0.25) is 0 Å². The molecule has 0 amide bonds. The molecule has 0 saturated carbocycles. The first-order chi connectivity index (χ1) is 11.4. The fourth-order valence-electron chi connectivity index (χ4n) is 1.87. The summed E-state index contributed by atoms with van der Waals surface area (Å²) in [6.07, 6.45) is -5.53. The quantitative estimate of drug-likeness (QED) is 0.768. The lowest BCUT2D eigenvalue weighted by Crippen LogP contribution is -2.27. The molecular weight excluding hydrogens is 323 g/mol. The number of ether oxygens (including phenoxy) is 2. The van der Waals surface area contributed by atoms with E-state index in [1.807, 2.05) is 30.3 Å². The molecule has 0 bridgehead atoms. The molecular formula is C17H18F3NO3. The maximum atomic E-state index is 11.9. The number of rotatable bonds is 8. The van der Waals surface area contributed by atoms with Crippen LogP contribution in [0.25, 0.3) is 0 Å². The first kappa shape index (κ1) is 18.1. The van der Waals surface area contributed by atoms with Gasteiger partial charge in [0.05, 0.1) is 6.61 Å². The van der Waals surface area contributed by atoms with Gasteiger partial charge in [-0.25, -0.2) is 0 Å². The molecule has 0 heterocycles. The molecule has 2 aromatic carbocycles. The molecule has 7 heteroatoms. The van der Waals surface area contributed by atoms with E-state index in [-0.39, 0.29) is 6.61 Å². The zero-order chi connectivity index (χ0) is 17.4. The van der Waals surface area contributed by atoms with Crippen LogP contribution in [0.15, 0.2) is 54.6 Å². The van der Waals surface area contributed by atoms with E-state index >= 15 is 0 Å². The largest absolute Gasteiger partial charge is 0.491 e. The molecule has 4 nitrogen and oxygen atoms in total. The molecule has 1 atom stereocenters. The highest BCUT2D eigenvalue weighted by molar-refractivity contribution is 5.59. The van der Waals surface area contributed by atoms with Crippen molar-refractivity contribution >= 4 is 11.4 Å². The molecule has 0 aromatic heterocycles. The summed E-state index contributed by atoms with van der Waals surface area (Å²) < 4.78 is 45.4. The molecule has 0 spiro atoms. The van der Waals surface area contributed by atoms with E-state index in [9.17, 15) is 18.3 Å². The SMILES string of the molecule is OC(COCC(F)(F)F)COc1ccc(Nc2ccccc2)cc1. The molecule has 2 rings (SSSR count). The van der Waals surface area contributed by atoms with Gasteiger partial charge in [0, 0.05) is 11.4 Å². The number of aliphatic hydroxyl groups excluding tert-OH is 1. The second-order valence-corrected chi connectivity index (χ2v) is 5.11. The van der Waals surface area contributed by atoms with Crippen LogP contribution >= 0.6 is 0 Å². The molecule has 0 aliphatic rings. The van der Waals surface area contributed by atoms with Crippen molar-refractivity contribution in [2.45, 2.75) is 12.3 Å². The predicted molar refractivity (Wildman–Crippen MR) is 84.5 cm³/mol. The Balaban J connectivity index is 1.73. The number of hydrogen-bond acceptors (Lipinski definition) is 4. The third-order valence-corrected chi connectivity index (χ3v) is 2.94. The number of alkyl halides is 3. The van der Waals surface area contributed by atoms with Crippen LogP contribution in [0.2, 0.25) is 0 Å². The summed E-state index contributed by atoms with van der Waals surface area (Å²) in [4.78, 5) is 0. The maximum absolute atomic E-state index is 11.9. The van der Waals surface area contributed by atoms with E-state index in [2.05, 4.69) is 10.1 Å². The molecule has 2 aromatic rings. The third-order valence-electron chi connectivity index (χ3n) is 2.94. The minimum Gasteiger partial charge on any atom is -0.491 e. The lowest BCUT2D eigenvalue weighted by molar-refractivity contribution is -0.179. The van der Waals surface area contributed by atoms with Crippen molar-refractivity contribution in [2.75, 3.05) is 25.1 Å². The van der Waals surface area contributed by atoms with Gasteiger partial charge >= 0.3 is 6.18 Å². The molecule has 2 N–H and O–H groups in total. The minimum absolute atomic E-state index is 0.149. The van der Waals surface area contributed by atoms with Crippen molar-refractivity contribution in [2.24, 2.45) is 0 Å². The summed E-state index contributed by atoms with van der Waals surface area (Å²) in [7, 11) is 0. The molecule has 0 radical (unpaired) electrons. The summed E-state index contributed by atoms with van der Waals surface area (Å²) in [5.41, 5.74) is 1.81. The number of aliphatic hydroxyl groups is 1. The Bertz CT molecular complexity index is 603. The second kappa shape index (κ2) is 8.56. The number of benzene rings is 2. The van der Waals surface area contributed by atoms with Crippen molar-refractivity contribution < 1.29 is 27.8 Å². The van der Waals surface area contributed by atoms with Gasteiger partial charge in [0.1, 0.15) is 25.1 Å². The molecule has 0 saturated heterocycles. The topological polar surface area (TPSA) is 50.7 Å². The Morgan fingerprint density at radius 1 is 0.917 bits per heavy atom. The lowest BCUT2D eigenvalue weighted by atomic mass is 10.2. The molecule has 24 heavy (non-hydrogen) atoms. The first-order valence-electron chi connectivity index (χ1n) is 7.30. The Morgan fingerprint density at radius 2 is 1.54 bits per heavy atom. The zero-order valence-electron chi connectivity index (χ0n) is 12.8. The predicted octanol–water partition coefficient (Wildman–Crippen LogP) is 3.75. The summed E-state index contributed by atoms with van der Waals surface area (Å²) in [6.45, 7) is -1.97. The van der Waals surface area contributed by atoms with Crippen LogP contribution in [-0.4, -0.2) is 37.2 Å². The van der Waals surface area contributed by atoms with Gasteiger partial charge in [0.25, 0.3) is 0 Å². The average Bonchev–Trinajstić information content (AvgIpc) is 2.54. The van der Waals surface area contributed by atoms with Crippen molar-refractivity contribution in [1.29, 1.82) is 0 Å². The van der Waals surface area contributed by atoms with Gasteiger partial charge in [-0.1, -0.05) is 18.2 Å². The van der Waals surface area contributed by atoms with Gasteiger partial charge in [-0.15, -0.1) is 0 Å². The molecule has 0 fully saturated rings. The van der Waals surface area contributed by atoms with Crippen LogP contribution in [0.4, 0.5) is 24.5 Å². The van der Waals surface area contributed by atoms with Crippen molar-refractivity contribution in [1.82, 2.24) is 0 Å². The van der Waals surface area contributed by atoms with Gasteiger partial charge in [-0.2, -0.15) is 13.2 Å². The molecule has 130 valence electrons. The molecule has 1 unspecified atom stereocenters. The fourth-order valence-corrected chi connectivity index (χ4v) is 1.87. The van der Waals surface area contributed by atoms with Crippen LogP contribution in [0, 0.1) is 0 Å². The summed E-state index contributed by atoms with van der Waals surface area (Å²) >= 11 is 0. The molecule has 0 aliphatic heterocycles. The Hall–Kier alpha value is -2.25. The Labute approximate surface area is 137 Å². The third kappa shape index (κ3) is 6.89. The average molecular weight is 341 g/mol. The standard InChI is InChI=1S/C17H18F3NO3/c18-17(19,20)12-23-10-15(22)11-24-16-8-6-14(7-9-16)21-13-4-2-1-3-5-13/h1-9,15,21-22H,10-12H2. The minimum atomic E-state index is -4.40. The smallest absolute Gasteiger partial charge is 0.411 e. The number of hydrogen-bond donors (Lipinski definition) is 2. The lowest BCUT2D eigenvalue weighted by Gasteiger charge is -2.14. The van der Waals surface area contributed by atoms with E-state index in [0.717, 1.165) is 11.4 Å². The number of anilines is 2. The number of nitrogens with one attached hydrogen (secondary N) is 1. The van der Waals surface area contributed by atoms with Crippen LogP contribution in [0.3, 0.4) is 0 Å². The van der Waals surface area contributed by atoms with Crippen LogP contribution in [0.5, 0.6) is 5.75 Å². The summed E-state index contributed by atoms with van der Waals surface area (Å²) in [6, 6.07) is 16.6. The van der Waals surface area contributed by atoms with E-state index in [0.29, 0.717) is 5.75 Å². The van der Waals surface area contributed by atoms with Crippen LogP contribution in [-0.2, 0) is 4.74 Å². The van der Waals surface area contributed by atoms with Crippen LogP contribution < -0.4 is 10.1 Å². The van der Waals surface area contributed by atoms with E-state index in [4.69, 9.17) is 4.74 Å². The van der Waals surface area contributed by atoms with Gasteiger partial charge in [-0.05, 0) is 36.4 Å². The maximum Gasteiger partial charge on any atom is 0.411 e. The summed E-state index contributed by atoms with van der Waals surface area (Å²) in [5.74, 6) is 0.503. The first-order valence-corrected chi connectivity index (χ1v) is 7.30. The highest BCUT2D eigenvalue weighted by Crippen LogP contribution is 2.20. The van der Waals surface area contributed by atoms with Gasteiger partial charge < -0.3 is 19.9 Å². The van der Waals surface area contributed by atoms with Gasteiger partial charge in [0.15, 0.2) is 0 Å². The Morgan fingerprint density at radius 3 is 2.17 bits per heavy atom. The van der Waals surface area contributed by atoms with Crippen LogP contribution in [0.1, 0.15) is 0 Å².